The Morgan fingerprint density at radius 3 is 2.78 bits per heavy atom. The number of aryl methyl sites for hydroxylation is 2. The minimum atomic E-state index is 0.522. The Kier molecular flexibility index (Phi) is 2.51. The molecule has 0 aliphatic rings. The first kappa shape index (κ1) is 10.8. The summed E-state index contributed by atoms with van der Waals surface area (Å²) >= 11 is 0. The first-order valence-electron chi connectivity index (χ1n) is 5.84. The number of aromatic nitrogens is 3. The number of hydrogen-bond acceptors (Lipinski definition) is 4. The molecule has 0 aliphatic heterocycles. The molecule has 5 heteroatoms. The van der Waals surface area contributed by atoms with Gasteiger partial charge in [-0.3, -0.25) is 0 Å². The zero-order chi connectivity index (χ0) is 12.5. The Hall–Kier alpha value is -2.30. The number of anilines is 1. The Balaban J connectivity index is 1.76. The average Bonchev–Trinajstić information content (AvgIpc) is 2.91. The van der Waals surface area contributed by atoms with Crippen molar-refractivity contribution in [1.82, 2.24) is 15.0 Å². The van der Waals surface area contributed by atoms with Crippen LogP contribution in [0.5, 0.6) is 0 Å². The fourth-order valence-corrected chi connectivity index (χ4v) is 1.81. The van der Waals surface area contributed by atoms with Gasteiger partial charge in [0.25, 0.3) is 0 Å². The minimum absolute atomic E-state index is 0.522. The zero-order valence-electron chi connectivity index (χ0n) is 10.3. The highest BCUT2D eigenvalue weighted by atomic mass is 16.4. The highest BCUT2D eigenvalue weighted by Gasteiger charge is 2.06. The predicted molar refractivity (Wildman–Crippen MR) is 69.4 cm³/mol. The van der Waals surface area contributed by atoms with E-state index in [0.29, 0.717) is 12.4 Å². The van der Waals surface area contributed by atoms with Crippen LogP contribution in [0.2, 0.25) is 0 Å². The van der Waals surface area contributed by atoms with Crippen LogP contribution in [-0.2, 0) is 6.54 Å². The lowest BCUT2D eigenvalue weighted by molar-refractivity contribution is 0.478. The summed E-state index contributed by atoms with van der Waals surface area (Å²) in [5.41, 5.74) is 2.89. The van der Waals surface area contributed by atoms with Crippen LogP contribution in [-0.4, -0.2) is 15.0 Å². The van der Waals surface area contributed by atoms with E-state index >= 15 is 0 Å². The fourth-order valence-electron chi connectivity index (χ4n) is 1.81. The molecule has 2 heterocycles. The summed E-state index contributed by atoms with van der Waals surface area (Å²) < 4.78 is 5.49. The van der Waals surface area contributed by atoms with Crippen LogP contribution >= 0.6 is 0 Å². The lowest BCUT2D eigenvalue weighted by atomic mass is 10.3. The van der Waals surface area contributed by atoms with Crippen molar-refractivity contribution in [2.75, 3.05) is 5.32 Å². The standard InChI is InChI=1S/C13H14N4O/c1-8-9(2)18-12(15-8)7-14-13-16-10-5-3-4-6-11(10)17-13/h3-6H,7H2,1-2H3,(H2,14,16,17). The summed E-state index contributed by atoms with van der Waals surface area (Å²) in [5, 5.41) is 3.17. The number of rotatable bonds is 3. The molecule has 0 unspecified atom stereocenters. The van der Waals surface area contributed by atoms with E-state index in [1.165, 1.54) is 0 Å². The van der Waals surface area contributed by atoms with Crippen molar-refractivity contribution < 1.29 is 4.42 Å². The molecule has 0 radical (unpaired) electrons. The maximum atomic E-state index is 5.49. The van der Waals surface area contributed by atoms with Crippen molar-refractivity contribution in [3.63, 3.8) is 0 Å². The molecule has 3 aromatic rings. The quantitative estimate of drug-likeness (QED) is 0.741. The summed E-state index contributed by atoms with van der Waals surface area (Å²) in [4.78, 5) is 11.9. The monoisotopic (exact) mass is 242 g/mol. The molecule has 1 aromatic carbocycles. The Labute approximate surface area is 104 Å². The van der Waals surface area contributed by atoms with E-state index in [-0.39, 0.29) is 0 Å². The second-order valence-electron chi connectivity index (χ2n) is 4.21. The molecule has 18 heavy (non-hydrogen) atoms. The molecule has 0 atom stereocenters. The molecular formula is C13H14N4O. The number of para-hydroxylation sites is 2. The molecular weight excluding hydrogens is 228 g/mol. The highest BCUT2D eigenvalue weighted by Crippen LogP contribution is 2.14. The molecule has 92 valence electrons. The molecule has 2 N–H and O–H groups in total. The SMILES string of the molecule is Cc1nc(CNc2nc3ccccc3[nH]2)oc1C. The van der Waals surface area contributed by atoms with E-state index in [9.17, 15) is 0 Å². The second-order valence-corrected chi connectivity index (χ2v) is 4.21. The lowest BCUT2D eigenvalue weighted by Crippen LogP contribution is -2.01. The zero-order valence-corrected chi connectivity index (χ0v) is 10.3. The number of imidazole rings is 1. The van der Waals surface area contributed by atoms with Gasteiger partial charge in [0.2, 0.25) is 11.8 Å². The van der Waals surface area contributed by atoms with Crippen molar-refractivity contribution in [1.29, 1.82) is 0 Å². The maximum absolute atomic E-state index is 5.49. The predicted octanol–water partition coefficient (Wildman–Crippen LogP) is 2.78. The van der Waals surface area contributed by atoms with Gasteiger partial charge >= 0.3 is 0 Å². The molecule has 0 saturated carbocycles. The molecule has 0 bridgehead atoms. The van der Waals surface area contributed by atoms with Gasteiger partial charge in [-0.05, 0) is 26.0 Å². The smallest absolute Gasteiger partial charge is 0.214 e. The van der Waals surface area contributed by atoms with E-state index < -0.39 is 0 Å². The minimum Gasteiger partial charge on any atom is -0.444 e. The maximum Gasteiger partial charge on any atom is 0.214 e. The first-order chi connectivity index (χ1) is 8.72. The Morgan fingerprint density at radius 1 is 1.22 bits per heavy atom. The van der Waals surface area contributed by atoms with Gasteiger partial charge in [-0.25, -0.2) is 9.97 Å². The summed E-state index contributed by atoms with van der Waals surface area (Å²) in [6.45, 7) is 4.37. The molecule has 0 aliphatic carbocycles. The van der Waals surface area contributed by atoms with Gasteiger partial charge in [0.1, 0.15) is 5.76 Å². The second kappa shape index (κ2) is 4.18. The van der Waals surface area contributed by atoms with Gasteiger partial charge in [0.05, 0.1) is 23.3 Å². The van der Waals surface area contributed by atoms with Crippen LogP contribution in [0.25, 0.3) is 11.0 Å². The lowest BCUT2D eigenvalue weighted by Gasteiger charge is -1.97. The number of aromatic amines is 1. The third kappa shape index (κ3) is 1.95. The van der Waals surface area contributed by atoms with Gasteiger partial charge < -0.3 is 14.7 Å². The third-order valence-corrected chi connectivity index (χ3v) is 2.87. The first-order valence-corrected chi connectivity index (χ1v) is 5.84. The van der Waals surface area contributed by atoms with Crippen LogP contribution in [0.1, 0.15) is 17.3 Å². The highest BCUT2D eigenvalue weighted by molar-refractivity contribution is 5.77. The van der Waals surface area contributed by atoms with E-state index in [4.69, 9.17) is 4.42 Å². The van der Waals surface area contributed by atoms with E-state index in [1.54, 1.807) is 0 Å². The Bertz CT molecular complexity index is 631. The summed E-state index contributed by atoms with van der Waals surface area (Å²) in [6.07, 6.45) is 0. The van der Waals surface area contributed by atoms with Gasteiger partial charge in [0, 0.05) is 0 Å². The van der Waals surface area contributed by atoms with Crippen LogP contribution in [0, 0.1) is 13.8 Å². The van der Waals surface area contributed by atoms with Gasteiger partial charge in [-0.1, -0.05) is 12.1 Å². The van der Waals surface area contributed by atoms with Crippen LogP contribution in [0.15, 0.2) is 28.7 Å². The molecule has 3 rings (SSSR count). The van der Waals surface area contributed by atoms with Crippen molar-refractivity contribution in [2.45, 2.75) is 20.4 Å². The number of oxazole rings is 1. The number of hydrogen-bond donors (Lipinski definition) is 2. The number of fused-ring (bicyclic) bond motifs is 1. The molecule has 0 spiro atoms. The summed E-state index contributed by atoms with van der Waals surface area (Å²) in [5.74, 6) is 2.26. The van der Waals surface area contributed by atoms with E-state index in [2.05, 4.69) is 20.3 Å². The largest absolute Gasteiger partial charge is 0.444 e. The molecule has 0 saturated heterocycles. The fraction of sp³-hybridized carbons (Fsp3) is 0.231. The van der Waals surface area contributed by atoms with Gasteiger partial charge in [0.15, 0.2) is 0 Å². The number of benzene rings is 1. The van der Waals surface area contributed by atoms with Crippen molar-refractivity contribution in [3.8, 4) is 0 Å². The van der Waals surface area contributed by atoms with Crippen LogP contribution in [0.3, 0.4) is 0 Å². The average molecular weight is 242 g/mol. The molecule has 2 aromatic heterocycles. The number of nitrogens with one attached hydrogen (secondary N) is 2. The topological polar surface area (TPSA) is 66.7 Å². The van der Waals surface area contributed by atoms with Crippen LogP contribution < -0.4 is 5.32 Å². The molecule has 0 amide bonds. The van der Waals surface area contributed by atoms with Gasteiger partial charge in [-0.2, -0.15) is 0 Å². The summed E-state index contributed by atoms with van der Waals surface area (Å²) in [6, 6.07) is 7.91. The summed E-state index contributed by atoms with van der Waals surface area (Å²) in [7, 11) is 0. The molecule has 5 nitrogen and oxygen atoms in total. The number of nitrogens with zero attached hydrogens (tertiary/aromatic N) is 2. The van der Waals surface area contributed by atoms with E-state index in [1.807, 2.05) is 38.1 Å². The van der Waals surface area contributed by atoms with Crippen molar-refractivity contribution >= 4 is 17.0 Å². The molecule has 0 fully saturated rings. The Morgan fingerprint density at radius 2 is 2.06 bits per heavy atom. The normalized spacial score (nSPS) is 11.0. The third-order valence-electron chi connectivity index (χ3n) is 2.87. The van der Waals surface area contributed by atoms with Crippen molar-refractivity contribution in [3.05, 3.63) is 41.6 Å². The van der Waals surface area contributed by atoms with E-state index in [0.717, 1.165) is 28.4 Å². The van der Waals surface area contributed by atoms with Gasteiger partial charge in [-0.15, -0.1) is 0 Å². The van der Waals surface area contributed by atoms with Crippen molar-refractivity contribution in [2.24, 2.45) is 0 Å². The number of H-pyrrole nitrogens is 1. The van der Waals surface area contributed by atoms with Crippen LogP contribution in [0.4, 0.5) is 5.95 Å².